The third kappa shape index (κ3) is 2.36. The average Bonchev–Trinajstić information content (AvgIpc) is 3.57. The molecule has 2 aromatic rings. The summed E-state index contributed by atoms with van der Waals surface area (Å²) in [5.41, 5.74) is 7.51. The molecule has 2 aromatic carbocycles. The molecule has 0 radical (unpaired) electrons. The molecule has 176 valence electrons. The summed E-state index contributed by atoms with van der Waals surface area (Å²) in [6.45, 7) is 1.84. The number of piperidine rings is 1. The molecular formula is C27H29N3O4. The number of hydrogen-bond acceptors (Lipinski definition) is 5. The van der Waals surface area contributed by atoms with Gasteiger partial charge in [0.1, 0.15) is 0 Å². The van der Waals surface area contributed by atoms with E-state index in [1.54, 1.807) is 11.0 Å². The summed E-state index contributed by atoms with van der Waals surface area (Å²) in [5.74, 6) is 1.23. The average molecular weight is 460 g/mol. The molecule has 7 nitrogen and oxygen atoms in total. The number of amides is 2. The number of phenolic OH excluding ortho intramolecular Hbond substituents is 1. The number of urea groups is 1. The van der Waals surface area contributed by atoms with E-state index in [2.05, 4.69) is 4.90 Å². The number of rotatable bonds is 4. The van der Waals surface area contributed by atoms with Gasteiger partial charge in [0.15, 0.2) is 23.4 Å². The van der Waals surface area contributed by atoms with Crippen molar-refractivity contribution < 1.29 is 19.4 Å². The van der Waals surface area contributed by atoms with Crippen LogP contribution in [0.5, 0.6) is 11.5 Å². The van der Waals surface area contributed by atoms with Crippen molar-refractivity contribution >= 4 is 17.5 Å². The van der Waals surface area contributed by atoms with Crippen LogP contribution in [-0.4, -0.2) is 52.6 Å². The van der Waals surface area contributed by atoms with Gasteiger partial charge in [-0.15, -0.1) is 0 Å². The number of carbonyl (C=O) groups excluding carboxylic acids is 2. The Hall–Kier alpha value is -3.06. The molecule has 2 amide bonds. The van der Waals surface area contributed by atoms with Gasteiger partial charge in [-0.3, -0.25) is 14.6 Å². The van der Waals surface area contributed by atoms with Crippen molar-refractivity contribution in [2.75, 3.05) is 18.0 Å². The first-order chi connectivity index (χ1) is 16.5. The number of carbonyl (C=O) groups is 2. The topological polar surface area (TPSA) is 96.1 Å². The molecule has 3 N–H and O–H groups in total. The lowest BCUT2D eigenvalue weighted by atomic mass is 9.46. The fourth-order valence-corrected chi connectivity index (χ4v) is 7.86. The lowest BCUT2D eigenvalue weighted by Crippen LogP contribution is -2.83. The van der Waals surface area contributed by atoms with E-state index in [0.717, 1.165) is 36.3 Å². The van der Waals surface area contributed by atoms with E-state index in [9.17, 15) is 14.7 Å². The quantitative estimate of drug-likeness (QED) is 0.733. The van der Waals surface area contributed by atoms with Crippen LogP contribution in [0.1, 0.15) is 43.2 Å². The summed E-state index contributed by atoms with van der Waals surface area (Å²) < 4.78 is 6.34. The Morgan fingerprint density at radius 3 is 2.71 bits per heavy atom. The summed E-state index contributed by atoms with van der Waals surface area (Å²) in [6, 6.07) is 12.8. The summed E-state index contributed by atoms with van der Waals surface area (Å²) in [6.07, 6.45) is 4.05. The van der Waals surface area contributed by atoms with Crippen LogP contribution in [0.3, 0.4) is 0 Å². The first-order valence-corrected chi connectivity index (χ1v) is 12.4. The van der Waals surface area contributed by atoms with Crippen molar-refractivity contribution in [3.8, 4) is 11.5 Å². The molecule has 2 saturated carbocycles. The van der Waals surface area contributed by atoms with Crippen molar-refractivity contribution in [1.82, 2.24) is 4.90 Å². The molecule has 2 aliphatic heterocycles. The molecule has 1 spiro atoms. The molecule has 1 saturated heterocycles. The van der Waals surface area contributed by atoms with Crippen LogP contribution in [0, 0.1) is 5.92 Å². The van der Waals surface area contributed by atoms with E-state index in [-0.39, 0.29) is 17.6 Å². The largest absolute Gasteiger partial charge is 0.504 e. The molecule has 2 heterocycles. The number of aromatic hydroxyl groups is 1. The fraction of sp³-hybridized carbons (Fsp3) is 0.481. The highest BCUT2D eigenvalue weighted by Gasteiger charge is 2.76. The fourth-order valence-electron chi connectivity index (χ4n) is 7.86. The van der Waals surface area contributed by atoms with Crippen molar-refractivity contribution in [1.29, 1.82) is 0 Å². The number of Topliss-reactive ketones (excluding diaryl/α,β-unsaturated/α-hetero) is 1. The second kappa shape index (κ2) is 6.75. The van der Waals surface area contributed by atoms with Gasteiger partial charge in [0.25, 0.3) is 0 Å². The van der Waals surface area contributed by atoms with E-state index in [4.69, 9.17) is 10.5 Å². The van der Waals surface area contributed by atoms with Gasteiger partial charge in [-0.1, -0.05) is 24.3 Å². The van der Waals surface area contributed by atoms with Gasteiger partial charge in [-0.25, -0.2) is 4.79 Å². The number of ketones is 1. The van der Waals surface area contributed by atoms with E-state index < -0.39 is 23.1 Å². The van der Waals surface area contributed by atoms with Crippen molar-refractivity contribution in [3.05, 3.63) is 53.6 Å². The third-order valence-electron chi connectivity index (χ3n) is 9.19. The number of benzene rings is 2. The first-order valence-electron chi connectivity index (χ1n) is 12.4. The summed E-state index contributed by atoms with van der Waals surface area (Å²) in [7, 11) is 0. The standard InChI is InChI=1S/C27H29N3O4/c28-25(33)30(18-4-2-1-3-5-18)27-11-10-20(32)24-26(27)12-13-29(15-16-6-7-16)21(27)14-17-8-9-19(31)23(34-24)22(17)26/h1-5,8-9,16,21,24,31H,6-7,10-15H2,(H2,28,33)/t21-,24?,26+,27-/m1/s1. The smallest absolute Gasteiger partial charge is 0.319 e. The van der Waals surface area contributed by atoms with Gasteiger partial charge in [0, 0.05) is 30.3 Å². The summed E-state index contributed by atoms with van der Waals surface area (Å²) in [5, 5.41) is 10.8. The van der Waals surface area contributed by atoms with Gasteiger partial charge >= 0.3 is 6.03 Å². The highest BCUT2D eigenvalue weighted by atomic mass is 16.5. The second-order valence-corrected chi connectivity index (χ2v) is 10.7. The number of hydrogen-bond donors (Lipinski definition) is 2. The van der Waals surface area contributed by atoms with E-state index in [1.165, 1.54) is 12.8 Å². The van der Waals surface area contributed by atoms with Gasteiger partial charge in [-0.05, 0) is 68.3 Å². The Labute approximate surface area is 198 Å². The van der Waals surface area contributed by atoms with Crippen LogP contribution >= 0.6 is 0 Å². The molecule has 7 heteroatoms. The molecule has 5 aliphatic rings. The zero-order chi connectivity index (χ0) is 23.2. The number of para-hydroxylation sites is 1. The van der Waals surface area contributed by atoms with Crippen LogP contribution in [0.25, 0.3) is 0 Å². The van der Waals surface area contributed by atoms with Crippen molar-refractivity contribution in [2.45, 2.75) is 61.6 Å². The van der Waals surface area contributed by atoms with Crippen LogP contribution in [0.15, 0.2) is 42.5 Å². The molecular weight excluding hydrogens is 430 g/mol. The minimum Gasteiger partial charge on any atom is -0.504 e. The predicted octanol–water partition coefficient (Wildman–Crippen LogP) is 3.12. The van der Waals surface area contributed by atoms with Crippen LogP contribution in [0.4, 0.5) is 10.5 Å². The van der Waals surface area contributed by atoms with E-state index in [0.29, 0.717) is 30.9 Å². The number of primary amides is 1. The first kappa shape index (κ1) is 20.3. The maximum Gasteiger partial charge on any atom is 0.319 e. The second-order valence-electron chi connectivity index (χ2n) is 10.7. The molecule has 34 heavy (non-hydrogen) atoms. The number of likely N-dealkylation sites (tertiary alicyclic amines) is 1. The minimum atomic E-state index is -0.738. The molecule has 0 aromatic heterocycles. The number of nitrogens with zero attached hydrogens (tertiary/aromatic N) is 2. The highest BCUT2D eigenvalue weighted by Crippen LogP contribution is 2.67. The minimum absolute atomic E-state index is 0.0109. The number of anilines is 1. The Kier molecular flexibility index (Phi) is 4.04. The summed E-state index contributed by atoms with van der Waals surface area (Å²) in [4.78, 5) is 31.1. The molecule has 1 unspecified atom stereocenters. The third-order valence-corrected chi connectivity index (χ3v) is 9.19. The Morgan fingerprint density at radius 2 is 1.97 bits per heavy atom. The predicted molar refractivity (Wildman–Crippen MR) is 126 cm³/mol. The van der Waals surface area contributed by atoms with Crippen LogP contribution in [-0.2, 0) is 16.6 Å². The van der Waals surface area contributed by atoms with Gasteiger partial charge < -0.3 is 15.6 Å². The molecule has 3 aliphatic carbocycles. The van der Waals surface area contributed by atoms with Crippen LogP contribution < -0.4 is 15.4 Å². The van der Waals surface area contributed by atoms with Gasteiger partial charge in [0.2, 0.25) is 0 Å². The normalized spacial score (nSPS) is 33.2. The maximum atomic E-state index is 13.4. The Bertz CT molecular complexity index is 1210. The highest BCUT2D eigenvalue weighted by molar-refractivity contribution is 5.97. The molecule has 4 atom stereocenters. The zero-order valence-corrected chi connectivity index (χ0v) is 19.1. The van der Waals surface area contributed by atoms with E-state index in [1.807, 2.05) is 36.4 Å². The van der Waals surface area contributed by atoms with Gasteiger partial charge in [0.05, 0.1) is 11.0 Å². The Balaban J connectivity index is 1.53. The molecule has 2 bridgehead atoms. The lowest BCUT2D eigenvalue weighted by molar-refractivity contribution is -0.141. The lowest BCUT2D eigenvalue weighted by Gasteiger charge is -2.67. The SMILES string of the molecule is NC(=O)N(c1ccccc1)[C@@]12CCC(=O)C3Oc4c(O)ccc5c4[C@@]31CCN(CC1CC1)[C@@H]2C5. The summed E-state index contributed by atoms with van der Waals surface area (Å²) >= 11 is 0. The molecule has 7 rings (SSSR count). The van der Waals surface area contributed by atoms with E-state index >= 15 is 0 Å². The van der Waals surface area contributed by atoms with Crippen LogP contribution in [0.2, 0.25) is 0 Å². The number of ether oxygens (including phenoxy) is 1. The maximum absolute atomic E-state index is 13.4. The number of nitrogens with two attached hydrogens (primary N) is 1. The Morgan fingerprint density at radius 1 is 1.18 bits per heavy atom. The number of phenols is 1. The zero-order valence-electron chi connectivity index (χ0n) is 19.1. The monoisotopic (exact) mass is 459 g/mol. The molecule has 3 fully saturated rings. The van der Waals surface area contributed by atoms with Crippen molar-refractivity contribution in [3.63, 3.8) is 0 Å². The van der Waals surface area contributed by atoms with Gasteiger partial charge in [-0.2, -0.15) is 0 Å². The van der Waals surface area contributed by atoms with Crippen molar-refractivity contribution in [2.24, 2.45) is 11.7 Å².